The second kappa shape index (κ2) is 5.29. The van der Waals surface area contributed by atoms with E-state index < -0.39 is 17.5 Å². The van der Waals surface area contributed by atoms with Crippen molar-refractivity contribution < 1.29 is 19.4 Å². The molecule has 0 aliphatic carbocycles. The van der Waals surface area contributed by atoms with Crippen LogP contribution in [0.15, 0.2) is 41.2 Å². The van der Waals surface area contributed by atoms with E-state index in [1.165, 1.54) is 6.08 Å². The van der Waals surface area contributed by atoms with E-state index in [1.54, 1.807) is 17.0 Å². The van der Waals surface area contributed by atoms with Gasteiger partial charge in [0.2, 0.25) is 5.91 Å². The highest BCUT2D eigenvalue weighted by molar-refractivity contribution is 5.94. The maximum absolute atomic E-state index is 13.0. The number of likely N-dealkylation sites (tertiary alicyclic amines) is 1. The van der Waals surface area contributed by atoms with Crippen LogP contribution in [0.4, 0.5) is 0 Å². The molecule has 1 amide bonds. The fourth-order valence-electron chi connectivity index (χ4n) is 4.66. The number of hydrogen-bond acceptors (Lipinski definition) is 4. The summed E-state index contributed by atoms with van der Waals surface area (Å²) in [4.78, 5) is 41.6. The number of aliphatic carboxylic acids is 1. The molecule has 4 heterocycles. The van der Waals surface area contributed by atoms with Crippen molar-refractivity contribution in [2.45, 2.75) is 25.2 Å². The molecule has 2 fully saturated rings. The van der Waals surface area contributed by atoms with Gasteiger partial charge in [0.15, 0.2) is 5.60 Å². The number of hydrogen-bond donors (Lipinski definition) is 2. The number of aryl methyl sites for hydroxylation is 1. The molecule has 7 heteroatoms. The van der Waals surface area contributed by atoms with Crippen molar-refractivity contribution in [2.75, 3.05) is 6.54 Å². The SMILES string of the molecule is Cc1ccc2[nH]c(=O)c(CN3CC4C5C=CC(C(=O)O)(O5)C4C3=O)cc2c1. The van der Waals surface area contributed by atoms with Crippen LogP contribution >= 0.6 is 0 Å². The van der Waals surface area contributed by atoms with E-state index in [9.17, 15) is 19.5 Å². The Morgan fingerprint density at radius 1 is 1.37 bits per heavy atom. The Morgan fingerprint density at radius 2 is 2.19 bits per heavy atom. The van der Waals surface area contributed by atoms with Crippen LogP contribution in [0, 0.1) is 18.8 Å². The van der Waals surface area contributed by atoms with E-state index in [-0.39, 0.29) is 30.0 Å². The molecule has 2 bridgehead atoms. The number of carbonyl (C=O) groups excluding carboxylic acids is 1. The van der Waals surface area contributed by atoms with E-state index in [4.69, 9.17) is 4.74 Å². The lowest BCUT2D eigenvalue weighted by molar-refractivity contribution is -0.162. The summed E-state index contributed by atoms with van der Waals surface area (Å²) < 4.78 is 5.63. The average molecular weight is 366 g/mol. The van der Waals surface area contributed by atoms with Gasteiger partial charge in [-0.25, -0.2) is 4.79 Å². The summed E-state index contributed by atoms with van der Waals surface area (Å²) in [5.74, 6) is -2.33. The summed E-state index contributed by atoms with van der Waals surface area (Å²) in [5, 5.41) is 10.5. The lowest BCUT2D eigenvalue weighted by atomic mass is 9.77. The number of carbonyl (C=O) groups is 2. The third-order valence-corrected chi connectivity index (χ3v) is 5.96. The molecule has 0 spiro atoms. The van der Waals surface area contributed by atoms with Crippen molar-refractivity contribution in [3.8, 4) is 0 Å². The number of carboxylic acid groups (broad SMARTS) is 1. The van der Waals surface area contributed by atoms with E-state index in [0.717, 1.165) is 16.5 Å². The van der Waals surface area contributed by atoms with Gasteiger partial charge in [0.1, 0.15) is 0 Å². The summed E-state index contributed by atoms with van der Waals surface area (Å²) >= 11 is 0. The van der Waals surface area contributed by atoms with Gasteiger partial charge >= 0.3 is 5.97 Å². The predicted molar refractivity (Wildman–Crippen MR) is 96.1 cm³/mol. The molecular formula is C20H18N2O5. The number of nitrogens with one attached hydrogen (secondary N) is 1. The van der Waals surface area contributed by atoms with Gasteiger partial charge in [0.05, 0.1) is 18.6 Å². The largest absolute Gasteiger partial charge is 0.479 e. The first-order valence-corrected chi connectivity index (χ1v) is 8.91. The maximum atomic E-state index is 13.0. The first kappa shape index (κ1) is 16.3. The Morgan fingerprint density at radius 3 is 2.96 bits per heavy atom. The second-order valence-electron chi connectivity index (χ2n) is 7.61. The number of aromatic nitrogens is 1. The quantitative estimate of drug-likeness (QED) is 0.796. The van der Waals surface area contributed by atoms with Gasteiger partial charge in [-0.2, -0.15) is 0 Å². The third-order valence-electron chi connectivity index (χ3n) is 5.96. The number of aromatic amines is 1. The Kier molecular flexibility index (Phi) is 3.19. The minimum atomic E-state index is -1.56. The number of H-pyrrole nitrogens is 1. The highest BCUT2D eigenvalue weighted by Crippen LogP contribution is 2.51. The number of benzene rings is 1. The molecule has 0 saturated carbocycles. The minimum absolute atomic E-state index is 0.160. The van der Waals surface area contributed by atoms with Gasteiger partial charge in [-0.1, -0.05) is 17.7 Å². The van der Waals surface area contributed by atoms with Crippen LogP contribution in [0.2, 0.25) is 0 Å². The van der Waals surface area contributed by atoms with E-state index in [1.807, 2.05) is 25.1 Å². The monoisotopic (exact) mass is 366 g/mol. The molecule has 0 radical (unpaired) electrons. The van der Waals surface area contributed by atoms with Crippen molar-refractivity contribution in [1.29, 1.82) is 0 Å². The summed E-state index contributed by atoms with van der Waals surface area (Å²) in [6.45, 7) is 2.52. The molecule has 1 aromatic heterocycles. The van der Waals surface area contributed by atoms with E-state index in [0.29, 0.717) is 12.1 Å². The van der Waals surface area contributed by atoms with Crippen LogP contribution in [-0.4, -0.2) is 45.1 Å². The fourth-order valence-corrected chi connectivity index (χ4v) is 4.66. The van der Waals surface area contributed by atoms with Gasteiger partial charge < -0.3 is 19.7 Å². The van der Waals surface area contributed by atoms with Crippen molar-refractivity contribution in [3.05, 3.63) is 57.9 Å². The molecule has 5 rings (SSSR count). The smallest absolute Gasteiger partial charge is 0.340 e. The van der Waals surface area contributed by atoms with Crippen LogP contribution in [0.25, 0.3) is 10.9 Å². The van der Waals surface area contributed by atoms with Crippen LogP contribution in [-0.2, 0) is 20.9 Å². The normalized spacial score (nSPS) is 31.1. The van der Waals surface area contributed by atoms with Gasteiger partial charge in [0.25, 0.3) is 5.56 Å². The number of pyridine rings is 1. The van der Waals surface area contributed by atoms with Crippen molar-refractivity contribution >= 4 is 22.8 Å². The van der Waals surface area contributed by atoms with Gasteiger partial charge in [-0.05, 0) is 36.6 Å². The molecule has 2 saturated heterocycles. The van der Waals surface area contributed by atoms with Gasteiger partial charge in [-0.15, -0.1) is 0 Å². The highest BCUT2D eigenvalue weighted by atomic mass is 16.5. The Hall–Kier alpha value is -2.93. The first-order chi connectivity index (χ1) is 12.9. The molecule has 4 unspecified atom stereocenters. The Labute approximate surface area is 154 Å². The summed E-state index contributed by atoms with van der Waals surface area (Å²) in [6.07, 6.45) is 2.86. The predicted octanol–water partition coefficient (Wildman–Crippen LogP) is 1.20. The average Bonchev–Trinajstić information content (AvgIpc) is 3.28. The molecule has 3 aliphatic heterocycles. The first-order valence-electron chi connectivity index (χ1n) is 8.91. The standard InChI is InChI=1S/C20H18N2O5/c1-10-2-3-14-11(6-10)7-12(17(23)21-14)8-22-9-13-15-4-5-20(27-15,19(25)26)16(13)18(22)24/h2-7,13,15-16H,8-9H2,1H3,(H,21,23)(H,25,26). The summed E-state index contributed by atoms with van der Waals surface area (Å²) in [6, 6.07) is 7.57. The Bertz CT molecular complexity index is 1090. The molecule has 4 atom stereocenters. The number of fused-ring (bicyclic) bond motifs is 6. The molecule has 2 N–H and O–H groups in total. The fraction of sp³-hybridized carbons (Fsp3) is 0.350. The van der Waals surface area contributed by atoms with Crippen LogP contribution in [0.5, 0.6) is 0 Å². The van der Waals surface area contributed by atoms with Crippen molar-refractivity contribution in [2.24, 2.45) is 11.8 Å². The molecule has 138 valence electrons. The third kappa shape index (κ3) is 2.15. The maximum Gasteiger partial charge on any atom is 0.340 e. The van der Waals surface area contributed by atoms with Crippen LogP contribution in [0.3, 0.4) is 0 Å². The lowest BCUT2D eigenvalue weighted by Gasteiger charge is -2.25. The zero-order valence-electron chi connectivity index (χ0n) is 14.6. The Balaban J connectivity index is 1.47. The minimum Gasteiger partial charge on any atom is -0.479 e. The van der Waals surface area contributed by atoms with Gasteiger partial charge in [0, 0.05) is 23.5 Å². The molecule has 7 nitrogen and oxygen atoms in total. The molecule has 3 aliphatic rings. The molecule has 27 heavy (non-hydrogen) atoms. The topological polar surface area (TPSA) is 99.7 Å². The zero-order chi connectivity index (χ0) is 18.9. The molecule has 1 aromatic carbocycles. The number of carboxylic acids is 1. The van der Waals surface area contributed by atoms with Gasteiger partial charge in [-0.3, -0.25) is 9.59 Å². The summed E-state index contributed by atoms with van der Waals surface area (Å²) in [7, 11) is 0. The van der Waals surface area contributed by atoms with Crippen LogP contribution in [0.1, 0.15) is 11.1 Å². The van der Waals surface area contributed by atoms with Crippen LogP contribution < -0.4 is 5.56 Å². The number of rotatable bonds is 3. The molecule has 2 aromatic rings. The number of nitrogens with zero attached hydrogens (tertiary/aromatic N) is 1. The number of ether oxygens (including phenoxy) is 1. The van der Waals surface area contributed by atoms with E-state index in [2.05, 4.69) is 4.98 Å². The number of amides is 1. The lowest BCUT2D eigenvalue weighted by Crippen LogP contribution is -2.46. The second-order valence-corrected chi connectivity index (χ2v) is 7.61. The zero-order valence-corrected chi connectivity index (χ0v) is 14.6. The van der Waals surface area contributed by atoms with Crippen molar-refractivity contribution in [3.63, 3.8) is 0 Å². The molecular weight excluding hydrogens is 348 g/mol. The van der Waals surface area contributed by atoms with Crippen molar-refractivity contribution in [1.82, 2.24) is 9.88 Å². The highest BCUT2D eigenvalue weighted by Gasteiger charge is 2.67. The van der Waals surface area contributed by atoms with E-state index >= 15 is 0 Å². The summed E-state index contributed by atoms with van der Waals surface area (Å²) in [5.41, 5.74) is 0.525.